The first-order chi connectivity index (χ1) is 14.9. The van der Waals surface area contributed by atoms with Gasteiger partial charge in [0.1, 0.15) is 6.07 Å². The Bertz CT molecular complexity index is 1150. The normalized spacial score (nSPS) is 16.1. The third-order valence-electron chi connectivity index (χ3n) is 5.34. The average molecular weight is 436 g/mol. The summed E-state index contributed by atoms with van der Waals surface area (Å²) < 4.78 is 1.76. The van der Waals surface area contributed by atoms with Crippen LogP contribution in [-0.2, 0) is 4.79 Å². The van der Waals surface area contributed by atoms with E-state index in [1.165, 1.54) is 0 Å². The minimum Gasteiger partial charge on any atom is -0.354 e. The molecule has 0 saturated carbocycles. The van der Waals surface area contributed by atoms with Gasteiger partial charge in [-0.15, -0.1) is 10.2 Å². The summed E-state index contributed by atoms with van der Waals surface area (Å²) in [5.41, 5.74) is 2.74. The van der Waals surface area contributed by atoms with Crippen LogP contribution in [0.3, 0.4) is 0 Å². The number of halogens is 1. The van der Waals surface area contributed by atoms with E-state index in [1.807, 2.05) is 32.0 Å². The molecule has 0 radical (unpaired) electrons. The summed E-state index contributed by atoms with van der Waals surface area (Å²) in [7, 11) is 0. The predicted octanol–water partition coefficient (Wildman–Crippen LogP) is 3.66. The Labute approximate surface area is 185 Å². The highest BCUT2D eigenvalue weighted by Gasteiger charge is 2.27. The lowest BCUT2D eigenvalue weighted by Gasteiger charge is -2.32. The van der Waals surface area contributed by atoms with Crippen molar-refractivity contribution in [2.24, 2.45) is 5.92 Å². The first-order valence-electron chi connectivity index (χ1n) is 10.1. The minimum absolute atomic E-state index is 0.129. The number of nitrogens with zero attached hydrogens (tertiary/aromatic N) is 6. The van der Waals surface area contributed by atoms with Crippen LogP contribution in [0.25, 0.3) is 5.82 Å². The Kier molecular flexibility index (Phi) is 5.87. The predicted molar refractivity (Wildman–Crippen MR) is 118 cm³/mol. The first kappa shape index (κ1) is 20.8. The average Bonchev–Trinajstić information content (AvgIpc) is 3.12. The van der Waals surface area contributed by atoms with Gasteiger partial charge in [0.25, 0.3) is 0 Å². The SMILES string of the molecule is Cc1cc(C)n(-c2ccc(N3CCCC(C(=O)Nc4cc(Cl)ccc4C#N)C3)nn2)n1. The number of carbonyl (C=O) groups excluding carboxylic acids is 1. The van der Waals surface area contributed by atoms with Crippen molar-refractivity contribution >= 4 is 29.0 Å². The molecule has 2 aromatic heterocycles. The molecular formula is C22H22ClN7O. The van der Waals surface area contributed by atoms with Crippen LogP contribution in [0.1, 0.15) is 29.8 Å². The number of aromatic nitrogens is 4. The molecular weight excluding hydrogens is 414 g/mol. The van der Waals surface area contributed by atoms with Gasteiger partial charge in [0, 0.05) is 23.8 Å². The van der Waals surface area contributed by atoms with Crippen molar-refractivity contribution in [3.8, 4) is 11.9 Å². The van der Waals surface area contributed by atoms with Crippen LogP contribution in [0.4, 0.5) is 11.5 Å². The lowest BCUT2D eigenvalue weighted by atomic mass is 9.97. The van der Waals surface area contributed by atoms with Gasteiger partial charge in [0.05, 0.1) is 22.9 Å². The number of amides is 1. The van der Waals surface area contributed by atoms with Crippen molar-refractivity contribution in [3.63, 3.8) is 0 Å². The molecule has 1 fully saturated rings. The van der Waals surface area contributed by atoms with E-state index in [2.05, 4.69) is 31.6 Å². The van der Waals surface area contributed by atoms with Gasteiger partial charge < -0.3 is 10.2 Å². The molecule has 1 aromatic carbocycles. The van der Waals surface area contributed by atoms with Crippen LogP contribution >= 0.6 is 11.6 Å². The molecule has 0 spiro atoms. The van der Waals surface area contributed by atoms with Gasteiger partial charge in [-0.2, -0.15) is 10.4 Å². The lowest BCUT2D eigenvalue weighted by Crippen LogP contribution is -2.41. The molecule has 31 heavy (non-hydrogen) atoms. The molecule has 1 aliphatic rings. The second-order valence-electron chi connectivity index (χ2n) is 7.66. The molecule has 3 aromatic rings. The molecule has 3 heterocycles. The lowest BCUT2D eigenvalue weighted by molar-refractivity contribution is -0.120. The summed E-state index contributed by atoms with van der Waals surface area (Å²) in [6.07, 6.45) is 1.63. The number of rotatable bonds is 4. The third kappa shape index (κ3) is 4.52. The van der Waals surface area contributed by atoms with Crippen molar-refractivity contribution < 1.29 is 4.79 Å². The summed E-state index contributed by atoms with van der Waals surface area (Å²) in [5.74, 6) is 1.03. The van der Waals surface area contributed by atoms with Crippen molar-refractivity contribution in [2.45, 2.75) is 26.7 Å². The summed E-state index contributed by atoms with van der Waals surface area (Å²) >= 11 is 6.02. The molecule has 158 valence electrons. The van der Waals surface area contributed by atoms with Crippen LogP contribution in [0.2, 0.25) is 5.02 Å². The van der Waals surface area contributed by atoms with Crippen LogP contribution < -0.4 is 10.2 Å². The van der Waals surface area contributed by atoms with E-state index in [0.29, 0.717) is 28.6 Å². The van der Waals surface area contributed by atoms with Gasteiger partial charge in [0.2, 0.25) is 5.91 Å². The monoisotopic (exact) mass is 435 g/mol. The molecule has 9 heteroatoms. The van der Waals surface area contributed by atoms with E-state index >= 15 is 0 Å². The molecule has 0 aliphatic carbocycles. The molecule has 1 N–H and O–H groups in total. The number of nitriles is 1. The summed E-state index contributed by atoms with van der Waals surface area (Å²) in [5, 5.41) is 25.7. The topological polar surface area (TPSA) is 99.7 Å². The summed E-state index contributed by atoms with van der Waals surface area (Å²) in [4.78, 5) is 14.9. The second-order valence-corrected chi connectivity index (χ2v) is 8.10. The van der Waals surface area contributed by atoms with Crippen LogP contribution in [0, 0.1) is 31.1 Å². The number of aryl methyl sites for hydroxylation is 2. The zero-order chi connectivity index (χ0) is 22.0. The van der Waals surface area contributed by atoms with Crippen molar-refractivity contribution in [3.05, 3.63) is 58.4 Å². The molecule has 1 saturated heterocycles. The van der Waals surface area contributed by atoms with Gasteiger partial charge in [0.15, 0.2) is 11.6 Å². The Morgan fingerprint density at radius 1 is 1.19 bits per heavy atom. The van der Waals surface area contributed by atoms with E-state index in [1.54, 1.807) is 22.9 Å². The highest BCUT2D eigenvalue weighted by Crippen LogP contribution is 2.25. The Morgan fingerprint density at radius 3 is 2.65 bits per heavy atom. The molecule has 1 amide bonds. The highest BCUT2D eigenvalue weighted by molar-refractivity contribution is 6.31. The number of piperidine rings is 1. The Hall–Kier alpha value is -3.44. The fraction of sp³-hybridized carbons (Fsp3) is 0.318. The van der Waals surface area contributed by atoms with Gasteiger partial charge in [-0.05, 0) is 63.1 Å². The van der Waals surface area contributed by atoms with Gasteiger partial charge in [-0.25, -0.2) is 4.68 Å². The molecule has 4 rings (SSSR count). The number of benzene rings is 1. The smallest absolute Gasteiger partial charge is 0.229 e. The second kappa shape index (κ2) is 8.74. The van der Waals surface area contributed by atoms with Crippen LogP contribution in [-0.4, -0.2) is 39.0 Å². The maximum absolute atomic E-state index is 12.9. The number of hydrogen-bond donors (Lipinski definition) is 1. The van der Waals surface area contributed by atoms with Crippen LogP contribution in [0.15, 0.2) is 36.4 Å². The maximum Gasteiger partial charge on any atom is 0.229 e. The summed E-state index contributed by atoms with van der Waals surface area (Å²) in [6, 6.07) is 12.7. The molecule has 1 atom stereocenters. The van der Waals surface area contributed by atoms with E-state index in [4.69, 9.17) is 11.6 Å². The Morgan fingerprint density at radius 2 is 1.97 bits per heavy atom. The summed E-state index contributed by atoms with van der Waals surface area (Å²) in [6.45, 7) is 5.24. The van der Waals surface area contributed by atoms with E-state index < -0.39 is 0 Å². The number of hydrogen-bond acceptors (Lipinski definition) is 6. The van der Waals surface area contributed by atoms with Crippen molar-refractivity contribution in [1.82, 2.24) is 20.0 Å². The zero-order valence-corrected chi connectivity index (χ0v) is 18.1. The minimum atomic E-state index is -0.225. The molecule has 1 unspecified atom stereocenters. The molecule has 0 bridgehead atoms. The maximum atomic E-state index is 12.9. The number of nitrogens with one attached hydrogen (secondary N) is 1. The standard InChI is InChI=1S/C22H22ClN7O/c1-14-10-15(2)30(28-14)21-8-7-20(26-27-21)29-9-3-4-17(13-29)22(31)25-19-11-18(23)6-5-16(19)12-24/h5-8,10-11,17H,3-4,9,13H2,1-2H3,(H,25,31). The van der Waals surface area contributed by atoms with E-state index in [0.717, 1.165) is 36.6 Å². The van der Waals surface area contributed by atoms with Crippen molar-refractivity contribution in [2.75, 3.05) is 23.3 Å². The van der Waals surface area contributed by atoms with Gasteiger partial charge >= 0.3 is 0 Å². The van der Waals surface area contributed by atoms with E-state index in [-0.39, 0.29) is 11.8 Å². The first-order valence-corrected chi connectivity index (χ1v) is 10.5. The molecule has 8 nitrogen and oxygen atoms in total. The van der Waals surface area contributed by atoms with Crippen LogP contribution in [0.5, 0.6) is 0 Å². The fourth-order valence-electron chi connectivity index (χ4n) is 3.81. The third-order valence-corrected chi connectivity index (χ3v) is 5.57. The largest absolute Gasteiger partial charge is 0.354 e. The fourth-order valence-corrected chi connectivity index (χ4v) is 3.98. The van der Waals surface area contributed by atoms with Gasteiger partial charge in [-0.1, -0.05) is 11.6 Å². The number of carbonyl (C=O) groups is 1. The quantitative estimate of drug-likeness (QED) is 0.671. The Balaban J connectivity index is 1.46. The van der Waals surface area contributed by atoms with Gasteiger partial charge in [-0.3, -0.25) is 4.79 Å². The zero-order valence-electron chi connectivity index (χ0n) is 17.3. The van der Waals surface area contributed by atoms with Crippen molar-refractivity contribution in [1.29, 1.82) is 5.26 Å². The number of anilines is 2. The highest BCUT2D eigenvalue weighted by atomic mass is 35.5. The molecule has 1 aliphatic heterocycles. The van der Waals surface area contributed by atoms with E-state index in [9.17, 15) is 10.1 Å².